The van der Waals surface area contributed by atoms with Crippen molar-refractivity contribution in [3.8, 4) is 0 Å². The molecule has 0 saturated heterocycles. The third-order valence-corrected chi connectivity index (χ3v) is 7.75. The van der Waals surface area contributed by atoms with Crippen LogP contribution in [-0.4, -0.2) is 35.5 Å². The molecule has 1 aromatic heterocycles. The molecular formula is C25H41N3O. The van der Waals surface area contributed by atoms with Crippen molar-refractivity contribution in [1.29, 1.82) is 0 Å². The molecule has 0 aromatic carbocycles. The minimum absolute atomic E-state index is 0. The first kappa shape index (κ1) is 20.7. The molecule has 0 spiro atoms. The first-order valence-electron chi connectivity index (χ1n) is 12.1. The van der Waals surface area contributed by atoms with Gasteiger partial charge in [0, 0.05) is 33.5 Å². The number of rotatable bonds is 10. The summed E-state index contributed by atoms with van der Waals surface area (Å²) < 4.78 is 0. The molecule has 2 amide bonds. The number of aromatic nitrogens is 1. The van der Waals surface area contributed by atoms with E-state index < -0.39 is 0 Å². The molecule has 29 heavy (non-hydrogen) atoms. The summed E-state index contributed by atoms with van der Waals surface area (Å²) >= 11 is 0. The van der Waals surface area contributed by atoms with Gasteiger partial charge in [0.2, 0.25) is 0 Å². The number of aryl methyl sites for hydroxylation is 1. The van der Waals surface area contributed by atoms with E-state index in [2.05, 4.69) is 34.3 Å². The summed E-state index contributed by atoms with van der Waals surface area (Å²) in [6.07, 6.45) is 18.2. The molecule has 4 saturated carbocycles. The van der Waals surface area contributed by atoms with Crippen LogP contribution >= 0.6 is 0 Å². The predicted octanol–water partition coefficient (Wildman–Crippen LogP) is 5.68. The Morgan fingerprint density at radius 3 is 2.38 bits per heavy atom. The van der Waals surface area contributed by atoms with Crippen LogP contribution < -0.4 is 5.32 Å². The van der Waals surface area contributed by atoms with Crippen LogP contribution in [0.3, 0.4) is 0 Å². The van der Waals surface area contributed by atoms with E-state index in [4.69, 9.17) is 0 Å². The summed E-state index contributed by atoms with van der Waals surface area (Å²) in [5.41, 5.74) is 1.92. The lowest BCUT2D eigenvalue weighted by atomic mass is 9.48. The highest BCUT2D eigenvalue weighted by Gasteiger charge is 2.50. The van der Waals surface area contributed by atoms with Crippen molar-refractivity contribution >= 4 is 6.03 Å². The molecule has 4 nitrogen and oxygen atoms in total. The van der Waals surface area contributed by atoms with E-state index in [0.717, 1.165) is 56.7 Å². The third-order valence-electron chi connectivity index (χ3n) is 7.75. The minimum Gasteiger partial charge on any atom is -0.338 e. The number of urea groups is 1. The van der Waals surface area contributed by atoms with Gasteiger partial charge in [0.25, 0.3) is 0 Å². The van der Waals surface area contributed by atoms with E-state index in [1.54, 1.807) is 0 Å². The van der Waals surface area contributed by atoms with Crippen LogP contribution in [-0.2, 0) is 6.42 Å². The minimum atomic E-state index is 0. The Bertz CT molecular complexity index is 630. The molecule has 4 bridgehead atoms. The zero-order valence-corrected chi connectivity index (χ0v) is 18.2. The van der Waals surface area contributed by atoms with Gasteiger partial charge in [-0.05, 0) is 111 Å². The fourth-order valence-electron chi connectivity index (χ4n) is 6.98. The van der Waals surface area contributed by atoms with Crippen LogP contribution in [0.25, 0.3) is 0 Å². The number of hydrogen-bond acceptors (Lipinski definition) is 2. The maximum absolute atomic E-state index is 12.7. The van der Waals surface area contributed by atoms with Gasteiger partial charge in [0.15, 0.2) is 0 Å². The molecule has 4 heteroatoms. The quantitative estimate of drug-likeness (QED) is 0.515. The molecule has 162 valence electrons. The lowest BCUT2D eigenvalue weighted by molar-refractivity contribution is -0.0586. The van der Waals surface area contributed by atoms with Gasteiger partial charge in [0.05, 0.1) is 0 Å². The average Bonchev–Trinajstić information content (AvgIpc) is 2.70. The molecule has 5 rings (SSSR count). The fraction of sp³-hybridized carbons (Fsp3) is 0.760. The van der Waals surface area contributed by atoms with E-state index in [0.29, 0.717) is 5.41 Å². The Balaban J connectivity index is 0.00000256. The molecule has 4 aliphatic rings. The Kier molecular flexibility index (Phi) is 6.77. The van der Waals surface area contributed by atoms with Gasteiger partial charge in [-0.1, -0.05) is 6.92 Å². The zero-order valence-electron chi connectivity index (χ0n) is 18.2. The number of carbonyl (C=O) groups is 1. The van der Waals surface area contributed by atoms with Crippen molar-refractivity contribution in [3.05, 3.63) is 30.1 Å². The van der Waals surface area contributed by atoms with E-state index in [1.807, 2.05) is 12.4 Å². The number of carbonyl (C=O) groups excluding carboxylic acids is 1. The number of hydrogen-bond donors (Lipinski definition) is 1. The van der Waals surface area contributed by atoms with Crippen molar-refractivity contribution < 1.29 is 6.22 Å². The van der Waals surface area contributed by atoms with E-state index >= 15 is 0 Å². The normalized spacial score (nSPS) is 29.8. The summed E-state index contributed by atoms with van der Waals surface area (Å²) in [5.74, 6) is 3.07. The number of nitrogens with one attached hydrogen (secondary N) is 1. The maximum atomic E-state index is 12.7. The van der Waals surface area contributed by atoms with Crippen molar-refractivity contribution in [2.45, 2.75) is 77.6 Å². The summed E-state index contributed by atoms with van der Waals surface area (Å²) in [4.78, 5) is 18.8. The molecule has 0 aliphatic heterocycles. The second-order valence-corrected chi connectivity index (χ2v) is 10.2. The predicted molar refractivity (Wildman–Crippen MR) is 120 cm³/mol. The van der Waals surface area contributed by atoms with Crippen LogP contribution in [0.15, 0.2) is 24.5 Å². The summed E-state index contributed by atoms with van der Waals surface area (Å²) in [7, 11) is 0. The highest BCUT2D eigenvalue weighted by molar-refractivity contribution is 5.74. The first-order valence-corrected chi connectivity index (χ1v) is 12.1. The van der Waals surface area contributed by atoms with E-state index in [9.17, 15) is 4.79 Å². The molecule has 4 fully saturated rings. The molecule has 4 aliphatic carbocycles. The van der Waals surface area contributed by atoms with Crippen LogP contribution in [0.5, 0.6) is 0 Å². The highest BCUT2D eigenvalue weighted by atomic mass is 16.2. The monoisotopic (exact) mass is 399 g/mol. The smallest absolute Gasteiger partial charge is 0.317 e. The van der Waals surface area contributed by atoms with E-state index in [1.165, 1.54) is 56.9 Å². The SMILES string of the molecule is CCCN(CCCC12CC3CC(CC(C3)C1)C2)C(=O)NCCCc1ccncc1.[HH]. The molecule has 1 heterocycles. The average molecular weight is 400 g/mol. The number of amides is 2. The van der Waals surface area contributed by atoms with Crippen LogP contribution in [0, 0.1) is 23.2 Å². The molecule has 1 N–H and O–H groups in total. The Labute approximate surface area is 178 Å². The summed E-state index contributed by atoms with van der Waals surface area (Å²) in [6, 6.07) is 4.23. The van der Waals surface area contributed by atoms with Crippen molar-refractivity contribution in [2.24, 2.45) is 23.2 Å². The van der Waals surface area contributed by atoms with Gasteiger partial charge in [-0.2, -0.15) is 0 Å². The van der Waals surface area contributed by atoms with Crippen LogP contribution in [0.2, 0.25) is 0 Å². The molecule has 0 unspecified atom stereocenters. The van der Waals surface area contributed by atoms with Gasteiger partial charge in [-0.15, -0.1) is 0 Å². The second-order valence-electron chi connectivity index (χ2n) is 10.2. The summed E-state index contributed by atoms with van der Waals surface area (Å²) in [6.45, 7) is 4.71. The molecule has 0 radical (unpaired) electrons. The first-order chi connectivity index (χ1) is 14.2. The lowest BCUT2D eigenvalue weighted by Crippen LogP contribution is -2.46. The Morgan fingerprint density at radius 2 is 1.76 bits per heavy atom. The van der Waals surface area contributed by atoms with Gasteiger partial charge >= 0.3 is 6.03 Å². The topological polar surface area (TPSA) is 45.2 Å². The van der Waals surface area contributed by atoms with Gasteiger partial charge in [-0.3, -0.25) is 4.98 Å². The van der Waals surface area contributed by atoms with Crippen LogP contribution in [0.1, 0.15) is 78.1 Å². The van der Waals surface area contributed by atoms with Gasteiger partial charge < -0.3 is 10.2 Å². The zero-order chi connectivity index (χ0) is 20.1. The van der Waals surface area contributed by atoms with Crippen molar-refractivity contribution in [1.82, 2.24) is 15.2 Å². The number of pyridine rings is 1. The molecule has 0 atom stereocenters. The Morgan fingerprint density at radius 1 is 1.10 bits per heavy atom. The largest absolute Gasteiger partial charge is 0.338 e. The standard InChI is InChI=1S/C25H39N3O.H2/c1-2-12-28(24(29)27-9-3-5-20-6-10-26-11-7-20)13-4-8-25-17-21-14-22(18-25)16-23(15-21)19-25;/h6-7,10-11,21-23H,2-5,8-9,12-19H2,1H3,(H,27,29);1H. The molecular weight excluding hydrogens is 358 g/mol. The third kappa shape index (κ3) is 5.32. The fourth-order valence-corrected chi connectivity index (χ4v) is 6.98. The van der Waals surface area contributed by atoms with Gasteiger partial charge in [0.1, 0.15) is 0 Å². The highest BCUT2D eigenvalue weighted by Crippen LogP contribution is 2.61. The van der Waals surface area contributed by atoms with Crippen LogP contribution in [0.4, 0.5) is 4.79 Å². The lowest BCUT2D eigenvalue weighted by Gasteiger charge is -2.57. The van der Waals surface area contributed by atoms with E-state index in [-0.39, 0.29) is 7.46 Å². The number of nitrogens with zero attached hydrogens (tertiary/aromatic N) is 2. The van der Waals surface area contributed by atoms with Crippen molar-refractivity contribution in [2.75, 3.05) is 19.6 Å². The van der Waals surface area contributed by atoms with Gasteiger partial charge in [-0.25, -0.2) is 4.79 Å². The van der Waals surface area contributed by atoms with Crippen molar-refractivity contribution in [3.63, 3.8) is 0 Å². The summed E-state index contributed by atoms with van der Waals surface area (Å²) in [5, 5.41) is 3.15. The Hall–Kier alpha value is -1.58. The maximum Gasteiger partial charge on any atom is 0.317 e. The second kappa shape index (κ2) is 9.49. The molecule has 1 aromatic rings.